The monoisotopic (exact) mass is 418 g/mol. The standard InChI is InChI=1S/C18H18N4O4S2/c1-12-19-18(26-21-12)16-15(8-11-27-16)20-17(23)13-4-6-14(7-5-13)28(24,25)22-9-2-3-10-22/h4-8,11H,2-3,9-10H2,1H3,(H,20,23). The Balaban J connectivity index is 1.51. The van der Waals surface area contributed by atoms with Crippen LogP contribution in [0.2, 0.25) is 0 Å². The number of carbonyl (C=O) groups is 1. The van der Waals surface area contributed by atoms with Crippen LogP contribution in [0.5, 0.6) is 0 Å². The highest BCUT2D eigenvalue weighted by molar-refractivity contribution is 7.89. The molecule has 1 fully saturated rings. The third-order valence-corrected chi connectivity index (χ3v) is 7.27. The highest BCUT2D eigenvalue weighted by atomic mass is 32.2. The van der Waals surface area contributed by atoms with Crippen molar-refractivity contribution in [1.29, 1.82) is 0 Å². The fourth-order valence-electron chi connectivity index (χ4n) is 3.01. The van der Waals surface area contributed by atoms with Gasteiger partial charge in [0.2, 0.25) is 10.0 Å². The number of nitrogens with zero attached hydrogens (tertiary/aromatic N) is 3. The van der Waals surface area contributed by atoms with E-state index in [1.165, 1.54) is 39.9 Å². The summed E-state index contributed by atoms with van der Waals surface area (Å²) >= 11 is 1.38. The van der Waals surface area contributed by atoms with Gasteiger partial charge < -0.3 is 9.84 Å². The van der Waals surface area contributed by atoms with Crippen molar-refractivity contribution < 1.29 is 17.7 Å². The SMILES string of the molecule is Cc1noc(-c2sccc2NC(=O)c2ccc(S(=O)(=O)N3CCCC3)cc2)n1. The van der Waals surface area contributed by atoms with E-state index in [0.29, 0.717) is 40.9 Å². The first-order chi connectivity index (χ1) is 13.4. The molecule has 10 heteroatoms. The highest BCUT2D eigenvalue weighted by Gasteiger charge is 2.27. The van der Waals surface area contributed by atoms with Crippen LogP contribution in [0.4, 0.5) is 5.69 Å². The van der Waals surface area contributed by atoms with Gasteiger partial charge in [0.25, 0.3) is 11.8 Å². The van der Waals surface area contributed by atoms with Crippen LogP contribution in [0.25, 0.3) is 10.8 Å². The molecule has 0 unspecified atom stereocenters. The molecule has 8 nitrogen and oxygen atoms in total. The normalized spacial score (nSPS) is 15.0. The van der Waals surface area contributed by atoms with Crippen LogP contribution in [-0.4, -0.2) is 41.9 Å². The zero-order chi connectivity index (χ0) is 19.7. The van der Waals surface area contributed by atoms with Gasteiger partial charge in [-0.1, -0.05) is 5.16 Å². The van der Waals surface area contributed by atoms with Crippen molar-refractivity contribution in [3.8, 4) is 10.8 Å². The third-order valence-electron chi connectivity index (χ3n) is 4.45. The van der Waals surface area contributed by atoms with Crippen molar-refractivity contribution in [2.75, 3.05) is 18.4 Å². The molecule has 0 radical (unpaired) electrons. The van der Waals surface area contributed by atoms with Crippen molar-refractivity contribution in [2.45, 2.75) is 24.7 Å². The number of hydrogen-bond donors (Lipinski definition) is 1. The Morgan fingerprint density at radius 1 is 1.18 bits per heavy atom. The van der Waals surface area contributed by atoms with Gasteiger partial charge in [-0.25, -0.2) is 8.42 Å². The summed E-state index contributed by atoms with van der Waals surface area (Å²) in [6.45, 7) is 2.80. The smallest absolute Gasteiger partial charge is 0.270 e. The minimum absolute atomic E-state index is 0.198. The maximum absolute atomic E-state index is 12.6. The molecule has 2 aromatic heterocycles. The van der Waals surface area contributed by atoms with E-state index in [4.69, 9.17) is 4.52 Å². The lowest BCUT2D eigenvalue weighted by Gasteiger charge is -2.15. The van der Waals surface area contributed by atoms with Crippen LogP contribution in [-0.2, 0) is 10.0 Å². The van der Waals surface area contributed by atoms with Gasteiger partial charge in [-0.15, -0.1) is 11.3 Å². The summed E-state index contributed by atoms with van der Waals surface area (Å²) < 4.78 is 31.8. The van der Waals surface area contributed by atoms with Crippen molar-refractivity contribution in [2.24, 2.45) is 0 Å². The number of benzene rings is 1. The average molecular weight is 419 g/mol. The van der Waals surface area contributed by atoms with Gasteiger partial charge in [-0.3, -0.25) is 4.79 Å². The van der Waals surface area contributed by atoms with Gasteiger partial charge in [0, 0.05) is 18.7 Å². The van der Waals surface area contributed by atoms with Gasteiger partial charge in [-0.05, 0) is 55.5 Å². The number of aryl methyl sites for hydroxylation is 1. The number of amides is 1. The van der Waals surface area contributed by atoms with Gasteiger partial charge in [-0.2, -0.15) is 9.29 Å². The zero-order valence-corrected chi connectivity index (χ0v) is 16.7. The molecule has 1 aliphatic rings. The predicted molar refractivity (Wildman–Crippen MR) is 105 cm³/mol. The first kappa shape index (κ1) is 18.8. The van der Waals surface area contributed by atoms with Gasteiger partial charge >= 0.3 is 0 Å². The number of thiophene rings is 1. The summed E-state index contributed by atoms with van der Waals surface area (Å²) in [7, 11) is -3.50. The highest BCUT2D eigenvalue weighted by Crippen LogP contribution is 2.32. The molecule has 1 amide bonds. The summed E-state index contributed by atoms with van der Waals surface area (Å²) in [5.41, 5.74) is 0.923. The Kier molecular flexibility index (Phi) is 5.00. The Hall–Kier alpha value is -2.56. The van der Waals surface area contributed by atoms with E-state index in [-0.39, 0.29) is 10.8 Å². The number of anilines is 1. The molecule has 0 atom stereocenters. The minimum Gasteiger partial charge on any atom is -0.333 e. The maximum Gasteiger partial charge on any atom is 0.270 e. The van der Waals surface area contributed by atoms with Crippen LogP contribution in [0.1, 0.15) is 29.0 Å². The molecule has 146 valence electrons. The fourth-order valence-corrected chi connectivity index (χ4v) is 5.30. The Labute approximate surface area is 166 Å². The first-order valence-electron chi connectivity index (χ1n) is 8.75. The lowest BCUT2D eigenvalue weighted by molar-refractivity contribution is 0.102. The van der Waals surface area contributed by atoms with Crippen LogP contribution in [0.15, 0.2) is 45.1 Å². The van der Waals surface area contributed by atoms with Crippen LogP contribution >= 0.6 is 11.3 Å². The Morgan fingerprint density at radius 3 is 2.54 bits per heavy atom. The van der Waals surface area contributed by atoms with E-state index in [1.807, 2.05) is 5.38 Å². The summed E-state index contributed by atoms with van der Waals surface area (Å²) in [6.07, 6.45) is 1.75. The lowest BCUT2D eigenvalue weighted by atomic mass is 10.2. The van der Waals surface area contributed by atoms with Crippen LogP contribution < -0.4 is 5.32 Å². The quantitative estimate of drug-likeness (QED) is 0.682. The second-order valence-electron chi connectivity index (χ2n) is 6.40. The van der Waals surface area contributed by atoms with Gasteiger partial charge in [0.1, 0.15) is 4.88 Å². The van der Waals surface area contributed by atoms with E-state index >= 15 is 0 Å². The third kappa shape index (κ3) is 3.58. The summed E-state index contributed by atoms with van der Waals surface area (Å²) in [5.74, 6) is 0.506. The second kappa shape index (κ2) is 7.46. The van der Waals surface area contributed by atoms with E-state index in [2.05, 4.69) is 15.5 Å². The molecule has 3 heterocycles. The number of carbonyl (C=O) groups excluding carboxylic acids is 1. The second-order valence-corrected chi connectivity index (χ2v) is 9.25. The topological polar surface area (TPSA) is 105 Å². The van der Waals surface area contributed by atoms with Crippen molar-refractivity contribution in [3.05, 3.63) is 47.1 Å². The molecule has 1 N–H and O–H groups in total. The fraction of sp³-hybridized carbons (Fsp3) is 0.278. The number of nitrogens with one attached hydrogen (secondary N) is 1. The molecule has 1 aromatic carbocycles. The van der Waals surface area contributed by atoms with E-state index in [9.17, 15) is 13.2 Å². The predicted octanol–water partition coefficient (Wildman–Crippen LogP) is 3.14. The largest absolute Gasteiger partial charge is 0.333 e. The Morgan fingerprint density at radius 2 is 1.89 bits per heavy atom. The minimum atomic E-state index is -3.50. The molecule has 4 rings (SSSR count). The van der Waals surface area contributed by atoms with E-state index < -0.39 is 10.0 Å². The van der Waals surface area contributed by atoms with Crippen molar-refractivity contribution in [3.63, 3.8) is 0 Å². The molecule has 28 heavy (non-hydrogen) atoms. The number of rotatable bonds is 5. The van der Waals surface area contributed by atoms with E-state index in [0.717, 1.165) is 12.8 Å². The molecule has 0 spiro atoms. The van der Waals surface area contributed by atoms with E-state index in [1.54, 1.807) is 13.0 Å². The molecule has 0 aliphatic carbocycles. The Bertz CT molecular complexity index is 1100. The maximum atomic E-state index is 12.6. The zero-order valence-electron chi connectivity index (χ0n) is 15.1. The van der Waals surface area contributed by atoms with Crippen molar-refractivity contribution >= 4 is 33.0 Å². The molecule has 3 aromatic rings. The average Bonchev–Trinajstić information content (AvgIpc) is 3.43. The first-order valence-corrected chi connectivity index (χ1v) is 11.1. The molecule has 1 aliphatic heterocycles. The molecule has 0 saturated carbocycles. The van der Waals surface area contributed by atoms with Gasteiger partial charge in [0.15, 0.2) is 5.82 Å². The molecule has 1 saturated heterocycles. The molecule has 0 bridgehead atoms. The number of aromatic nitrogens is 2. The number of hydrogen-bond acceptors (Lipinski definition) is 7. The van der Waals surface area contributed by atoms with Crippen molar-refractivity contribution in [1.82, 2.24) is 14.4 Å². The van der Waals surface area contributed by atoms with Gasteiger partial charge in [0.05, 0.1) is 10.6 Å². The lowest BCUT2D eigenvalue weighted by Crippen LogP contribution is -2.27. The summed E-state index contributed by atoms with van der Waals surface area (Å²) in [4.78, 5) is 17.6. The number of sulfonamides is 1. The summed E-state index contributed by atoms with van der Waals surface area (Å²) in [6, 6.07) is 7.73. The molecular formula is C18H18N4O4S2. The summed E-state index contributed by atoms with van der Waals surface area (Å²) in [5, 5.41) is 8.39. The molecular weight excluding hydrogens is 400 g/mol. The van der Waals surface area contributed by atoms with Crippen LogP contribution in [0.3, 0.4) is 0 Å². The van der Waals surface area contributed by atoms with Crippen LogP contribution in [0, 0.1) is 6.92 Å².